The van der Waals surface area contributed by atoms with Gasteiger partial charge in [0.25, 0.3) is 0 Å². The van der Waals surface area contributed by atoms with E-state index in [-0.39, 0.29) is 6.04 Å². The summed E-state index contributed by atoms with van der Waals surface area (Å²) in [5.41, 5.74) is 5.05. The number of nitrogens with one attached hydrogen (secondary N) is 1. The Hall–Kier alpha value is -1.32. The molecule has 2 nitrogen and oxygen atoms in total. The lowest BCUT2D eigenvalue weighted by Crippen LogP contribution is -2.18. The zero-order valence-electron chi connectivity index (χ0n) is 12.3. The zero-order valence-corrected chi connectivity index (χ0v) is 13.9. The molecular weight excluding hydrogens is 314 g/mol. The van der Waals surface area contributed by atoms with E-state index in [0.717, 1.165) is 10.2 Å². The summed E-state index contributed by atoms with van der Waals surface area (Å²) < 4.78 is 6.41. The summed E-state index contributed by atoms with van der Waals surface area (Å²) in [5, 5.41) is 3.39. The number of aryl methyl sites for hydroxylation is 2. The number of halogens is 1. The monoisotopic (exact) mass is 333 g/mol. The lowest BCUT2D eigenvalue weighted by atomic mass is 9.95. The lowest BCUT2D eigenvalue weighted by Gasteiger charge is -2.20. The van der Waals surface area contributed by atoms with Crippen LogP contribution in [0, 0.1) is 13.8 Å². The van der Waals surface area contributed by atoms with Gasteiger partial charge in [0.05, 0.1) is 13.2 Å². The van der Waals surface area contributed by atoms with E-state index in [1.54, 1.807) is 7.11 Å². The summed E-state index contributed by atoms with van der Waals surface area (Å²) in [6, 6.07) is 12.8. The Kier molecular flexibility index (Phi) is 4.84. The molecule has 0 aliphatic rings. The Morgan fingerprint density at radius 2 is 1.80 bits per heavy atom. The van der Waals surface area contributed by atoms with Gasteiger partial charge in [-0.05, 0) is 61.3 Å². The molecule has 0 fully saturated rings. The van der Waals surface area contributed by atoms with Crippen molar-refractivity contribution in [3.05, 3.63) is 63.1 Å². The van der Waals surface area contributed by atoms with Gasteiger partial charge in [0.1, 0.15) is 5.75 Å². The first kappa shape index (κ1) is 15.1. The molecule has 0 heterocycles. The fourth-order valence-electron chi connectivity index (χ4n) is 2.32. The molecule has 0 spiro atoms. The SMILES string of the molecule is CNC(c1ccc(C)c(C)c1)c1cc(OC)ccc1Br. The average Bonchev–Trinajstić information content (AvgIpc) is 2.45. The van der Waals surface area contributed by atoms with E-state index in [1.807, 2.05) is 19.2 Å². The quantitative estimate of drug-likeness (QED) is 0.896. The molecule has 1 N–H and O–H groups in total. The topological polar surface area (TPSA) is 21.3 Å². The van der Waals surface area contributed by atoms with E-state index in [9.17, 15) is 0 Å². The Bertz CT molecular complexity index is 610. The molecule has 1 unspecified atom stereocenters. The van der Waals surface area contributed by atoms with Gasteiger partial charge in [0.15, 0.2) is 0 Å². The fourth-order valence-corrected chi connectivity index (χ4v) is 2.79. The van der Waals surface area contributed by atoms with Crippen molar-refractivity contribution in [1.29, 1.82) is 0 Å². The minimum atomic E-state index is 0.138. The molecule has 0 saturated carbocycles. The van der Waals surface area contributed by atoms with Gasteiger partial charge < -0.3 is 10.1 Å². The molecule has 0 aliphatic heterocycles. The van der Waals surface area contributed by atoms with Crippen molar-refractivity contribution in [3.8, 4) is 5.75 Å². The second kappa shape index (κ2) is 6.42. The van der Waals surface area contributed by atoms with Crippen LogP contribution in [0.4, 0.5) is 0 Å². The Morgan fingerprint density at radius 3 is 2.40 bits per heavy atom. The van der Waals surface area contributed by atoms with Gasteiger partial charge in [0, 0.05) is 4.47 Å². The Morgan fingerprint density at radius 1 is 1.05 bits per heavy atom. The van der Waals surface area contributed by atoms with E-state index < -0.39 is 0 Å². The van der Waals surface area contributed by atoms with Crippen LogP contribution in [0.25, 0.3) is 0 Å². The number of hydrogen-bond donors (Lipinski definition) is 1. The van der Waals surface area contributed by atoms with E-state index >= 15 is 0 Å². The third kappa shape index (κ3) is 3.05. The van der Waals surface area contributed by atoms with Crippen molar-refractivity contribution in [3.63, 3.8) is 0 Å². The summed E-state index contributed by atoms with van der Waals surface area (Å²) in [5.74, 6) is 0.868. The van der Waals surface area contributed by atoms with Crippen LogP contribution in [-0.4, -0.2) is 14.2 Å². The third-order valence-electron chi connectivity index (χ3n) is 3.67. The standard InChI is InChI=1S/C17H20BrNO/c1-11-5-6-13(9-12(11)2)17(19-3)15-10-14(20-4)7-8-16(15)18/h5-10,17,19H,1-4H3. The number of ether oxygens (including phenoxy) is 1. The van der Waals surface area contributed by atoms with Gasteiger partial charge >= 0.3 is 0 Å². The summed E-state index contributed by atoms with van der Waals surface area (Å²) in [6.07, 6.45) is 0. The third-order valence-corrected chi connectivity index (χ3v) is 4.39. The first-order chi connectivity index (χ1) is 9.56. The number of rotatable bonds is 4. The highest BCUT2D eigenvalue weighted by Crippen LogP contribution is 2.32. The maximum atomic E-state index is 5.33. The predicted octanol–water partition coefficient (Wildman–Crippen LogP) is 4.38. The fraction of sp³-hybridized carbons (Fsp3) is 0.294. The van der Waals surface area contributed by atoms with Crippen LogP contribution < -0.4 is 10.1 Å². The van der Waals surface area contributed by atoms with Crippen LogP contribution in [0.3, 0.4) is 0 Å². The first-order valence-corrected chi connectivity index (χ1v) is 7.44. The highest BCUT2D eigenvalue weighted by molar-refractivity contribution is 9.10. The van der Waals surface area contributed by atoms with Crippen LogP contribution in [0.2, 0.25) is 0 Å². The van der Waals surface area contributed by atoms with Gasteiger partial charge in [0.2, 0.25) is 0 Å². The van der Waals surface area contributed by atoms with Crippen molar-refractivity contribution >= 4 is 15.9 Å². The van der Waals surface area contributed by atoms with Crippen molar-refractivity contribution < 1.29 is 4.74 Å². The van der Waals surface area contributed by atoms with E-state index in [0.29, 0.717) is 0 Å². The maximum Gasteiger partial charge on any atom is 0.119 e. The van der Waals surface area contributed by atoms with E-state index in [2.05, 4.69) is 59.4 Å². The molecular formula is C17H20BrNO. The molecule has 0 amide bonds. The smallest absolute Gasteiger partial charge is 0.119 e. The molecule has 0 radical (unpaired) electrons. The molecule has 3 heteroatoms. The molecule has 2 aromatic carbocycles. The first-order valence-electron chi connectivity index (χ1n) is 6.64. The van der Waals surface area contributed by atoms with E-state index in [1.165, 1.54) is 22.3 Å². The van der Waals surface area contributed by atoms with Crippen LogP contribution in [0.5, 0.6) is 5.75 Å². The highest BCUT2D eigenvalue weighted by Gasteiger charge is 2.16. The van der Waals surface area contributed by atoms with Gasteiger partial charge in [-0.2, -0.15) is 0 Å². The highest BCUT2D eigenvalue weighted by atomic mass is 79.9. The summed E-state index contributed by atoms with van der Waals surface area (Å²) >= 11 is 3.64. The van der Waals surface area contributed by atoms with Gasteiger partial charge in [-0.3, -0.25) is 0 Å². The minimum Gasteiger partial charge on any atom is -0.497 e. The van der Waals surface area contributed by atoms with Gasteiger partial charge in [-0.1, -0.05) is 34.1 Å². The van der Waals surface area contributed by atoms with Crippen LogP contribution in [0.1, 0.15) is 28.3 Å². The molecule has 20 heavy (non-hydrogen) atoms. The zero-order chi connectivity index (χ0) is 14.7. The van der Waals surface area contributed by atoms with Crippen molar-refractivity contribution in [2.75, 3.05) is 14.2 Å². The minimum absolute atomic E-state index is 0.138. The number of methoxy groups -OCH3 is 1. The molecule has 106 valence electrons. The van der Waals surface area contributed by atoms with Crippen LogP contribution in [0.15, 0.2) is 40.9 Å². The second-order valence-corrected chi connectivity index (χ2v) is 5.81. The lowest BCUT2D eigenvalue weighted by molar-refractivity contribution is 0.413. The second-order valence-electron chi connectivity index (χ2n) is 4.95. The number of hydrogen-bond acceptors (Lipinski definition) is 2. The summed E-state index contributed by atoms with van der Waals surface area (Å²) in [6.45, 7) is 4.28. The number of benzene rings is 2. The largest absolute Gasteiger partial charge is 0.497 e. The van der Waals surface area contributed by atoms with Gasteiger partial charge in [-0.15, -0.1) is 0 Å². The predicted molar refractivity (Wildman–Crippen MR) is 87.5 cm³/mol. The Labute approximate surface area is 129 Å². The molecule has 2 rings (SSSR count). The molecule has 0 bridgehead atoms. The summed E-state index contributed by atoms with van der Waals surface area (Å²) in [7, 11) is 3.67. The maximum absolute atomic E-state index is 5.33. The van der Waals surface area contributed by atoms with E-state index in [4.69, 9.17) is 4.74 Å². The van der Waals surface area contributed by atoms with Gasteiger partial charge in [-0.25, -0.2) is 0 Å². The van der Waals surface area contributed by atoms with Crippen molar-refractivity contribution in [2.24, 2.45) is 0 Å². The molecule has 0 aromatic heterocycles. The van der Waals surface area contributed by atoms with Crippen molar-refractivity contribution in [2.45, 2.75) is 19.9 Å². The van der Waals surface area contributed by atoms with Crippen LogP contribution in [-0.2, 0) is 0 Å². The van der Waals surface area contributed by atoms with Crippen LogP contribution >= 0.6 is 15.9 Å². The molecule has 2 aromatic rings. The normalized spacial score (nSPS) is 12.2. The Balaban J connectivity index is 2.48. The summed E-state index contributed by atoms with van der Waals surface area (Å²) in [4.78, 5) is 0. The molecule has 0 aliphatic carbocycles. The van der Waals surface area contributed by atoms with Crippen molar-refractivity contribution in [1.82, 2.24) is 5.32 Å². The average molecular weight is 334 g/mol. The molecule has 1 atom stereocenters. The molecule has 0 saturated heterocycles.